The van der Waals surface area contributed by atoms with Crippen LogP contribution < -0.4 is 10.3 Å². The number of H-pyrrole nitrogens is 1. The van der Waals surface area contributed by atoms with Crippen molar-refractivity contribution in [2.45, 2.75) is 25.3 Å². The first-order chi connectivity index (χ1) is 14.7. The molecule has 2 aromatic heterocycles. The Kier molecular flexibility index (Phi) is 6.21. The Morgan fingerprint density at radius 3 is 2.93 bits per heavy atom. The molecule has 152 valence electrons. The zero-order valence-electron chi connectivity index (χ0n) is 16.8. The number of hydrogen-bond acceptors (Lipinski definition) is 5. The fraction of sp³-hybridized carbons (Fsp3) is 0.292. The number of ether oxygens (including phenoxy) is 1. The summed E-state index contributed by atoms with van der Waals surface area (Å²) in [6.07, 6.45) is 10.8. The molecule has 0 bridgehead atoms. The Morgan fingerprint density at radius 2 is 2.10 bits per heavy atom. The van der Waals surface area contributed by atoms with Gasteiger partial charge in [-0.2, -0.15) is 0 Å². The van der Waals surface area contributed by atoms with Crippen LogP contribution in [-0.4, -0.2) is 39.5 Å². The zero-order valence-corrected chi connectivity index (χ0v) is 16.8. The van der Waals surface area contributed by atoms with Crippen LogP contribution in [0.1, 0.15) is 30.1 Å². The molecule has 0 spiro atoms. The molecular weight excluding hydrogens is 376 g/mol. The van der Waals surface area contributed by atoms with Gasteiger partial charge in [0.15, 0.2) is 0 Å². The van der Waals surface area contributed by atoms with Crippen molar-refractivity contribution in [3.63, 3.8) is 0 Å². The van der Waals surface area contributed by atoms with Gasteiger partial charge in [-0.05, 0) is 49.2 Å². The third-order valence-corrected chi connectivity index (χ3v) is 5.26. The molecule has 1 atom stereocenters. The summed E-state index contributed by atoms with van der Waals surface area (Å²) in [5.74, 6) is 4.22. The molecule has 1 aliphatic rings. The molecule has 1 saturated heterocycles. The van der Waals surface area contributed by atoms with Gasteiger partial charge in [0.25, 0.3) is 5.56 Å². The second kappa shape index (κ2) is 9.38. The van der Waals surface area contributed by atoms with E-state index in [0.29, 0.717) is 5.69 Å². The SMILES string of the molecule is C#CCOc1cccc(CN2CCC[C@H](c3nc(-c4ccncc4)cc(=O)[nH]3)C2)c1. The number of aromatic nitrogens is 3. The van der Waals surface area contributed by atoms with E-state index in [0.717, 1.165) is 49.6 Å². The molecule has 6 nitrogen and oxygen atoms in total. The maximum Gasteiger partial charge on any atom is 0.251 e. The molecule has 30 heavy (non-hydrogen) atoms. The van der Waals surface area contributed by atoms with E-state index in [-0.39, 0.29) is 18.1 Å². The van der Waals surface area contributed by atoms with E-state index in [2.05, 4.69) is 26.9 Å². The number of pyridine rings is 1. The molecule has 0 amide bonds. The van der Waals surface area contributed by atoms with Gasteiger partial charge in [-0.25, -0.2) is 4.98 Å². The topological polar surface area (TPSA) is 71.1 Å². The van der Waals surface area contributed by atoms with Crippen molar-refractivity contribution in [2.75, 3.05) is 19.7 Å². The summed E-state index contributed by atoms with van der Waals surface area (Å²) in [5.41, 5.74) is 2.64. The van der Waals surface area contributed by atoms with Crippen LogP contribution >= 0.6 is 0 Å². The van der Waals surface area contributed by atoms with Gasteiger partial charge < -0.3 is 9.72 Å². The second-order valence-electron chi connectivity index (χ2n) is 7.47. The molecular formula is C24H24N4O2. The minimum Gasteiger partial charge on any atom is -0.481 e. The van der Waals surface area contributed by atoms with E-state index < -0.39 is 0 Å². The van der Waals surface area contributed by atoms with Crippen molar-refractivity contribution in [3.8, 4) is 29.4 Å². The maximum absolute atomic E-state index is 12.3. The van der Waals surface area contributed by atoms with Crippen molar-refractivity contribution >= 4 is 0 Å². The summed E-state index contributed by atoms with van der Waals surface area (Å²) in [6, 6.07) is 13.3. The predicted octanol–water partition coefficient (Wildman–Crippen LogP) is 3.22. The van der Waals surface area contributed by atoms with Gasteiger partial charge in [0.2, 0.25) is 0 Å². The van der Waals surface area contributed by atoms with Crippen LogP contribution in [0.3, 0.4) is 0 Å². The smallest absolute Gasteiger partial charge is 0.251 e. The average molecular weight is 400 g/mol. The maximum atomic E-state index is 12.3. The summed E-state index contributed by atoms with van der Waals surface area (Å²) in [7, 11) is 0. The van der Waals surface area contributed by atoms with E-state index in [4.69, 9.17) is 16.1 Å². The lowest BCUT2D eigenvalue weighted by Gasteiger charge is -2.32. The largest absolute Gasteiger partial charge is 0.481 e. The standard InChI is InChI=1S/C24H24N4O2/c1-2-13-30-21-7-3-5-18(14-21)16-28-12-4-6-20(17-28)24-26-22(15-23(29)27-24)19-8-10-25-11-9-19/h1,3,5,7-11,14-15,20H,4,6,12-13,16-17H2,(H,26,27,29)/t20-/m0/s1. The van der Waals surface area contributed by atoms with Crippen LogP contribution in [0.25, 0.3) is 11.3 Å². The van der Waals surface area contributed by atoms with Crippen LogP contribution in [0.5, 0.6) is 5.75 Å². The molecule has 1 fully saturated rings. The third kappa shape index (κ3) is 4.94. The first kappa shape index (κ1) is 19.9. The summed E-state index contributed by atoms with van der Waals surface area (Å²) < 4.78 is 5.54. The van der Waals surface area contributed by atoms with Crippen molar-refractivity contribution in [3.05, 3.63) is 76.6 Å². The molecule has 4 rings (SSSR count). The molecule has 1 aliphatic heterocycles. The number of benzene rings is 1. The summed E-state index contributed by atoms with van der Waals surface area (Å²) in [6.45, 7) is 2.94. The normalized spacial score (nSPS) is 16.7. The quantitative estimate of drug-likeness (QED) is 0.644. The first-order valence-electron chi connectivity index (χ1n) is 10.1. The molecule has 1 N–H and O–H groups in total. The van der Waals surface area contributed by atoms with E-state index in [9.17, 15) is 4.79 Å². The summed E-state index contributed by atoms with van der Waals surface area (Å²) in [4.78, 5) is 26.4. The minimum atomic E-state index is -0.123. The highest BCUT2D eigenvalue weighted by molar-refractivity contribution is 5.57. The molecule has 0 aliphatic carbocycles. The molecule has 3 heterocycles. The summed E-state index contributed by atoms with van der Waals surface area (Å²) >= 11 is 0. The van der Waals surface area contributed by atoms with E-state index in [1.54, 1.807) is 18.5 Å². The Morgan fingerprint density at radius 1 is 1.23 bits per heavy atom. The minimum absolute atomic E-state index is 0.123. The lowest BCUT2D eigenvalue weighted by molar-refractivity contribution is 0.196. The Bertz CT molecular complexity index is 1090. The van der Waals surface area contributed by atoms with Gasteiger partial charge in [-0.1, -0.05) is 18.1 Å². The highest BCUT2D eigenvalue weighted by Gasteiger charge is 2.24. The lowest BCUT2D eigenvalue weighted by atomic mass is 9.96. The van der Waals surface area contributed by atoms with Crippen LogP contribution in [-0.2, 0) is 6.54 Å². The fourth-order valence-electron chi connectivity index (χ4n) is 3.88. The van der Waals surface area contributed by atoms with Crippen molar-refractivity contribution < 1.29 is 4.74 Å². The van der Waals surface area contributed by atoms with Gasteiger partial charge in [-0.15, -0.1) is 6.42 Å². The third-order valence-electron chi connectivity index (χ3n) is 5.26. The Hall–Kier alpha value is -3.43. The van der Waals surface area contributed by atoms with Crippen molar-refractivity contribution in [1.29, 1.82) is 0 Å². The highest BCUT2D eigenvalue weighted by Crippen LogP contribution is 2.27. The average Bonchev–Trinajstić information content (AvgIpc) is 2.78. The first-order valence-corrected chi connectivity index (χ1v) is 10.1. The molecule has 6 heteroatoms. The van der Waals surface area contributed by atoms with Crippen LogP contribution in [0.4, 0.5) is 0 Å². The Labute approximate surface area is 176 Å². The van der Waals surface area contributed by atoms with E-state index in [1.807, 2.05) is 30.3 Å². The Balaban J connectivity index is 1.49. The van der Waals surface area contributed by atoms with Gasteiger partial charge >= 0.3 is 0 Å². The number of nitrogens with one attached hydrogen (secondary N) is 1. The van der Waals surface area contributed by atoms with Gasteiger partial charge in [-0.3, -0.25) is 14.7 Å². The van der Waals surface area contributed by atoms with Gasteiger partial charge in [0, 0.05) is 43.0 Å². The molecule has 1 aromatic carbocycles. The summed E-state index contributed by atoms with van der Waals surface area (Å²) in [5, 5.41) is 0. The fourth-order valence-corrected chi connectivity index (χ4v) is 3.88. The van der Waals surface area contributed by atoms with Crippen molar-refractivity contribution in [1.82, 2.24) is 19.9 Å². The van der Waals surface area contributed by atoms with Crippen LogP contribution in [0, 0.1) is 12.3 Å². The number of aromatic amines is 1. The number of likely N-dealkylation sites (tertiary alicyclic amines) is 1. The molecule has 0 radical (unpaired) electrons. The monoisotopic (exact) mass is 400 g/mol. The predicted molar refractivity (Wildman–Crippen MR) is 116 cm³/mol. The zero-order chi connectivity index (χ0) is 20.8. The molecule has 0 saturated carbocycles. The number of piperidine rings is 1. The highest BCUT2D eigenvalue weighted by atomic mass is 16.5. The van der Waals surface area contributed by atoms with E-state index >= 15 is 0 Å². The number of rotatable bonds is 6. The number of hydrogen-bond donors (Lipinski definition) is 1. The van der Waals surface area contributed by atoms with Gasteiger partial charge in [0.1, 0.15) is 18.2 Å². The molecule has 0 unspecified atom stereocenters. The van der Waals surface area contributed by atoms with Crippen LogP contribution in [0.2, 0.25) is 0 Å². The van der Waals surface area contributed by atoms with Crippen LogP contribution in [0.15, 0.2) is 59.7 Å². The van der Waals surface area contributed by atoms with Gasteiger partial charge in [0.05, 0.1) is 5.69 Å². The number of terminal acetylenes is 1. The molecule has 3 aromatic rings. The number of nitrogens with zero attached hydrogens (tertiary/aromatic N) is 3. The van der Waals surface area contributed by atoms with Crippen molar-refractivity contribution in [2.24, 2.45) is 0 Å². The van der Waals surface area contributed by atoms with E-state index in [1.165, 1.54) is 5.56 Å². The lowest BCUT2D eigenvalue weighted by Crippen LogP contribution is -2.35. The second-order valence-corrected chi connectivity index (χ2v) is 7.47.